The molecule has 90 valence electrons. The third-order valence-electron chi connectivity index (χ3n) is 3.08. The summed E-state index contributed by atoms with van der Waals surface area (Å²) in [4.78, 5) is 11.9. The van der Waals surface area contributed by atoms with Crippen LogP contribution in [0.15, 0.2) is 23.3 Å². The van der Waals surface area contributed by atoms with Crippen LogP contribution in [0.3, 0.4) is 0 Å². The fourth-order valence-electron chi connectivity index (χ4n) is 1.82. The van der Waals surface area contributed by atoms with E-state index >= 15 is 0 Å². The van der Waals surface area contributed by atoms with Crippen molar-refractivity contribution in [2.24, 2.45) is 11.0 Å². The van der Waals surface area contributed by atoms with Crippen molar-refractivity contribution in [3.63, 3.8) is 0 Å². The minimum absolute atomic E-state index is 0.0649. The van der Waals surface area contributed by atoms with Crippen molar-refractivity contribution in [1.29, 1.82) is 0 Å². The standard InChI is InChI=1S/C13H15ClN2O/c1-8-6-11(4-5-12(8)14)7-16-13(17)9(2)10(3)15-16/h4-6,9H,7H2,1-3H3. The van der Waals surface area contributed by atoms with Crippen molar-refractivity contribution in [3.05, 3.63) is 34.3 Å². The molecule has 1 aliphatic heterocycles. The molecule has 1 unspecified atom stereocenters. The summed E-state index contributed by atoms with van der Waals surface area (Å²) in [6.45, 7) is 6.23. The summed E-state index contributed by atoms with van der Waals surface area (Å²) in [6, 6.07) is 5.77. The van der Waals surface area contributed by atoms with Gasteiger partial charge in [-0.15, -0.1) is 0 Å². The monoisotopic (exact) mass is 250 g/mol. The van der Waals surface area contributed by atoms with E-state index in [4.69, 9.17) is 11.6 Å². The van der Waals surface area contributed by atoms with Crippen molar-refractivity contribution in [3.8, 4) is 0 Å². The third-order valence-corrected chi connectivity index (χ3v) is 3.51. The summed E-state index contributed by atoms with van der Waals surface area (Å²) in [7, 11) is 0. The Morgan fingerprint density at radius 2 is 2.12 bits per heavy atom. The number of aryl methyl sites for hydroxylation is 1. The molecule has 0 spiro atoms. The van der Waals surface area contributed by atoms with Gasteiger partial charge in [-0.1, -0.05) is 23.7 Å². The molecule has 1 heterocycles. The Balaban J connectivity index is 2.17. The topological polar surface area (TPSA) is 32.7 Å². The van der Waals surface area contributed by atoms with Gasteiger partial charge >= 0.3 is 0 Å². The third kappa shape index (κ3) is 2.34. The van der Waals surface area contributed by atoms with Crippen molar-refractivity contribution < 1.29 is 4.79 Å². The summed E-state index contributed by atoms with van der Waals surface area (Å²) in [6.07, 6.45) is 0. The van der Waals surface area contributed by atoms with E-state index in [1.54, 1.807) is 0 Å². The number of amides is 1. The number of carbonyl (C=O) groups is 1. The number of halogens is 1. The SMILES string of the molecule is CC1=NN(Cc2ccc(Cl)c(C)c2)C(=O)C1C. The maximum Gasteiger partial charge on any atom is 0.251 e. The Hall–Kier alpha value is -1.35. The molecule has 0 radical (unpaired) electrons. The lowest BCUT2D eigenvalue weighted by molar-refractivity contribution is -0.131. The molecule has 0 fully saturated rings. The molecule has 3 nitrogen and oxygen atoms in total. The zero-order valence-corrected chi connectivity index (χ0v) is 11.0. The lowest BCUT2D eigenvalue weighted by Gasteiger charge is -2.13. The van der Waals surface area contributed by atoms with Gasteiger partial charge in [0.15, 0.2) is 0 Å². The Labute approximate surface area is 106 Å². The van der Waals surface area contributed by atoms with Crippen LogP contribution in [-0.4, -0.2) is 16.6 Å². The first-order valence-corrected chi connectivity index (χ1v) is 5.98. The number of nitrogens with zero attached hydrogens (tertiary/aromatic N) is 2. The van der Waals surface area contributed by atoms with Gasteiger partial charge < -0.3 is 0 Å². The molecule has 1 amide bonds. The maximum absolute atomic E-state index is 11.9. The zero-order valence-electron chi connectivity index (χ0n) is 10.2. The van der Waals surface area contributed by atoms with Crippen molar-refractivity contribution in [2.75, 3.05) is 0 Å². The molecule has 17 heavy (non-hydrogen) atoms. The molecule has 1 aliphatic rings. The van der Waals surface area contributed by atoms with Crippen LogP contribution in [0.2, 0.25) is 5.02 Å². The molecular weight excluding hydrogens is 236 g/mol. The average Bonchev–Trinajstić information content (AvgIpc) is 2.52. The molecule has 1 aromatic carbocycles. The van der Waals surface area contributed by atoms with Crippen LogP contribution in [0.1, 0.15) is 25.0 Å². The minimum atomic E-state index is -0.0941. The van der Waals surface area contributed by atoms with Gasteiger partial charge in [0.1, 0.15) is 0 Å². The summed E-state index contributed by atoms with van der Waals surface area (Å²) in [5.74, 6) is -0.0292. The fourth-order valence-corrected chi connectivity index (χ4v) is 1.94. The molecule has 0 aliphatic carbocycles. The zero-order chi connectivity index (χ0) is 12.6. The molecule has 0 N–H and O–H groups in total. The van der Waals surface area contributed by atoms with Gasteiger partial charge in [0.25, 0.3) is 5.91 Å². The van der Waals surface area contributed by atoms with E-state index in [-0.39, 0.29) is 11.8 Å². The van der Waals surface area contributed by atoms with E-state index in [1.165, 1.54) is 5.01 Å². The highest BCUT2D eigenvalue weighted by atomic mass is 35.5. The summed E-state index contributed by atoms with van der Waals surface area (Å²) < 4.78 is 0. The van der Waals surface area contributed by atoms with Gasteiger partial charge in [-0.2, -0.15) is 5.10 Å². The lowest BCUT2D eigenvalue weighted by Crippen LogP contribution is -2.25. The molecule has 4 heteroatoms. The van der Waals surface area contributed by atoms with Crippen LogP contribution in [-0.2, 0) is 11.3 Å². The van der Waals surface area contributed by atoms with Gasteiger partial charge in [0, 0.05) is 10.7 Å². The van der Waals surface area contributed by atoms with Gasteiger partial charge in [0.2, 0.25) is 0 Å². The Bertz CT molecular complexity index is 496. The number of hydrogen-bond donors (Lipinski definition) is 0. The van der Waals surface area contributed by atoms with Gasteiger partial charge in [-0.25, -0.2) is 5.01 Å². The highest BCUT2D eigenvalue weighted by Crippen LogP contribution is 2.21. The van der Waals surface area contributed by atoms with Crippen LogP contribution in [0.4, 0.5) is 0 Å². The second-order valence-corrected chi connectivity index (χ2v) is 4.85. The summed E-state index contributed by atoms with van der Waals surface area (Å²) >= 11 is 5.96. The number of hydrazone groups is 1. The number of hydrogen-bond acceptors (Lipinski definition) is 2. The Morgan fingerprint density at radius 1 is 1.41 bits per heavy atom. The average molecular weight is 251 g/mol. The number of rotatable bonds is 2. The van der Waals surface area contributed by atoms with Gasteiger partial charge in [-0.05, 0) is 38.0 Å². The van der Waals surface area contributed by atoms with Crippen LogP contribution >= 0.6 is 11.6 Å². The molecule has 1 atom stereocenters. The van der Waals surface area contributed by atoms with E-state index in [0.717, 1.165) is 21.9 Å². The molecule has 1 aromatic rings. The fraction of sp³-hybridized carbons (Fsp3) is 0.385. The Morgan fingerprint density at radius 3 is 2.65 bits per heavy atom. The number of carbonyl (C=O) groups excluding carboxylic acids is 1. The van der Waals surface area contributed by atoms with Gasteiger partial charge in [-0.3, -0.25) is 4.79 Å². The van der Waals surface area contributed by atoms with E-state index in [1.807, 2.05) is 39.0 Å². The van der Waals surface area contributed by atoms with Crippen LogP contribution < -0.4 is 0 Å². The summed E-state index contributed by atoms with van der Waals surface area (Å²) in [5, 5.41) is 6.54. The smallest absolute Gasteiger partial charge is 0.251 e. The highest BCUT2D eigenvalue weighted by molar-refractivity contribution is 6.31. The quantitative estimate of drug-likeness (QED) is 0.794. The highest BCUT2D eigenvalue weighted by Gasteiger charge is 2.29. The Kier molecular flexibility index (Phi) is 3.20. The van der Waals surface area contributed by atoms with Crippen molar-refractivity contribution >= 4 is 23.2 Å². The first-order chi connectivity index (χ1) is 7.99. The molecule has 0 saturated carbocycles. The predicted octanol–water partition coefficient (Wildman–Crippen LogP) is 3.00. The molecule has 0 aromatic heterocycles. The second-order valence-electron chi connectivity index (χ2n) is 4.44. The number of benzene rings is 1. The largest absolute Gasteiger partial charge is 0.272 e. The van der Waals surface area contributed by atoms with Crippen LogP contribution in [0, 0.1) is 12.8 Å². The normalized spacial score (nSPS) is 19.8. The minimum Gasteiger partial charge on any atom is -0.272 e. The van der Waals surface area contributed by atoms with E-state index in [2.05, 4.69) is 5.10 Å². The first-order valence-electron chi connectivity index (χ1n) is 5.60. The predicted molar refractivity (Wildman–Crippen MR) is 69.0 cm³/mol. The second kappa shape index (κ2) is 4.49. The molecule has 2 rings (SSSR count). The van der Waals surface area contributed by atoms with Crippen LogP contribution in [0.25, 0.3) is 0 Å². The van der Waals surface area contributed by atoms with E-state index < -0.39 is 0 Å². The van der Waals surface area contributed by atoms with E-state index in [0.29, 0.717) is 6.54 Å². The van der Waals surface area contributed by atoms with Crippen molar-refractivity contribution in [2.45, 2.75) is 27.3 Å². The van der Waals surface area contributed by atoms with Crippen molar-refractivity contribution in [1.82, 2.24) is 5.01 Å². The van der Waals surface area contributed by atoms with Crippen LogP contribution in [0.5, 0.6) is 0 Å². The summed E-state index contributed by atoms with van der Waals surface area (Å²) in [5.41, 5.74) is 2.94. The van der Waals surface area contributed by atoms with Gasteiger partial charge in [0.05, 0.1) is 12.5 Å². The lowest BCUT2D eigenvalue weighted by atomic mass is 10.1. The molecular formula is C13H15ClN2O. The first kappa shape index (κ1) is 12.1. The molecule has 0 saturated heterocycles. The van der Waals surface area contributed by atoms with E-state index in [9.17, 15) is 4.79 Å². The maximum atomic E-state index is 11.9. The molecule has 0 bridgehead atoms.